The minimum Gasteiger partial charge on any atom is -0.367 e. The molecular weight excluding hydrogens is 291 g/mol. The van der Waals surface area contributed by atoms with Crippen LogP contribution in [0.5, 0.6) is 0 Å². The number of halogens is 3. The van der Waals surface area contributed by atoms with Crippen LogP contribution in [0.1, 0.15) is 24.1 Å². The number of pyridine rings is 1. The van der Waals surface area contributed by atoms with Crippen LogP contribution in [-0.4, -0.2) is 18.1 Å². The lowest BCUT2D eigenvalue weighted by Crippen LogP contribution is -2.36. The highest BCUT2D eigenvalue weighted by molar-refractivity contribution is 5.69. The Morgan fingerprint density at radius 1 is 1.14 bits per heavy atom. The molecule has 0 amide bonds. The van der Waals surface area contributed by atoms with Crippen molar-refractivity contribution in [2.75, 3.05) is 23.3 Å². The number of hydrogen-bond donors (Lipinski definition) is 1. The Labute approximate surface area is 126 Å². The SMILES string of the molecule is Cc1cnc2c(c1)N(C(C)c1cc(F)c(F)cc1F)CCN2. The van der Waals surface area contributed by atoms with Crippen molar-refractivity contribution in [3.8, 4) is 0 Å². The highest BCUT2D eigenvalue weighted by Crippen LogP contribution is 2.35. The normalized spacial score (nSPS) is 15.2. The number of rotatable bonds is 2. The number of aromatic nitrogens is 1. The van der Waals surface area contributed by atoms with E-state index in [0.29, 0.717) is 25.0 Å². The van der Waals surface area contributed by atoms with Gasteiger partial charge in [-0.25, -0.2) is 18.2 Å². The van der Waals surface area contributed by atoms with Crippen molar-refractivity contribution in [1.29, 1.82) is 0 Å². The van der Waals surface area contributed by atoms with Crippen molar-refractivity contribution < 1.29 is 13.2 Å². The second kappa shape index (κ2) is 5.51. The van der Waals surface area contributed by atoms with Crippen molar-refractivity contribution in [3.05, 3.63) is 53.0 Å². The quantitative estimate of drug-likeness (QED) is 0.855. The Kier molecular flexibility index (Phi) is 3.68. The van der Waals surface area contributed by atoms with Gasteiger partial charge in [0, 0.05) is 30.9 Å². The number of hydrogen-bond acceptors (Lipinski definition) is 3. The van der Waals surface area contributed by atoms with Crippen LogP contribution >= 0.6 is 0 Å². The predicted octanol–water partition coefficient (Wildman–Crippen LogP) is 3.80. The summed E-state index contributed by atoms with van der Waals surface area (Å²) in [4.78, 5) is 6.26. The van der Waals surface area contributed by atoms with Gasteiger partial charge in [-0.3, -0.25) is 0 Å². The van der Waals surface area contributed by atoms with E-state index in [9.17, 15) is 13.2 Å². The Hall–Kier alpha value is -2.24. The zero-order chi connectivity index (χ0) is 15.9. The van der Waals surface area contributed by atoms with E-state index in [1.54, 1.807) is 13.1 Å². The molecule has 3 nitrogen and oxygen atoms in total. The lowest BCUT2D eigenvalue weighted by molar-refractivity contribution is 0.483. The van der Waals surface area contributed by atoms with Crippen LogP contribution in [0.3, 0.4) is 0 Å². The van der Waals surface area contributed by atoms with E-state index in [-0.39, 0.29) is 5.56 Å². The summed E-state index contributed by atoms with van der Waals surface area (Å²) < 4.78 is 40.6. The van der Waals surface area contributed by atoms with Crippen molar-refractivity contribution in [1.82, 2.24) is 4.98 Å². The number of benzene rings is 1. The first-order valence-electron chi connectivity index (χ1n) is 7.09. The molecule has 0 aliphatic carbocycles. The van der Waals surface area contributed by atoms with Gasteiger partial charge >= 0.3 is 0 Å². The van der Waals surface area contributed by atoms with Crippen LogP contribution in [0.25, 0.3) is 0 Å². The molecular formula is C16H16F3N3. The Balaban J connectivity index is 2.02. The molecule has 0 saturated carbocycles. The maximum Gasteiger partial charge on any atom is 0.161 e. The summed E-state index contributed by atoms with van der Waals surface area (Å²) in [6.07, 6.45) is 1.75. The predicted molar refractivity (Wildman–Crippen MR) is 79.5 cm³/mol. The average Bonchev–Trinajstić information content (AvgIpc) is 2.49. The van der Waals surface area contributed by atoms with Crippen LogP contribution in [0, 0.1) is 24.4 Å². The molecule has 0 spiro atoms. The van der Waals surface area contributed by atoms with Crippen molar-refractivity contribution in [2.45, 2.75) is 19.9 Å². The molecule has 1 atom stereocenters. The molecule has 1 aromatic heterocycles. The Morgan fingerprint density at radius 3 is 2.64 bits per heavy atom. The zero-order valence-corrected chi connectivity index (χ0v) is 12.3. The third kappa shape index (κ3) is 2.49. The number of fused-ring (bicyclic) bond motifs is 1. The van der Waals surface area contributed by atoms with Crippen LogP contribution in [-0.2, 0) is 0 Å². The van der Waals surface area contributed by atoms with Gasteiger partial charge in [0.15, 0.2) is 11.6 Å². The van der Waals surface area contributed by atoms with Gasteiger partial charge in [0.1, 0.15) is 11.6 Å². The van der Waals surface area contributed by atoms with Gasteiger partial charge in [-0.15, -0.1) is 0 Å². The van der Waals surface area contributed by atoms with Gasteiger partial charge in [-0.1, -0.05) is 0 Å². The van der Waals surface area contributed by atoms with Gasteiger partial charge in [-0.05, 0) is 31.5 Å². The average molecular weight is 307 g/mol. The van der Waals surface area contributed by atoms with E-state index in [2.05, 4.69) is 10.3 Å². The fourth-order valence-electron chi connectivity index (χ4n) is 2.75. The number of nitrogens with one attached hydrogen (secondary N) is 1. The zero-order valence-electron chi connectivity index (χ0n) is 12.3. The lowest BCUT2D eigenvalue weighted by atomic mass is 10.0. The molecule has 1 unspecified atom stereocenters. The molecule has 0 fully saturated rings. The monoisotopic (exact) mass is 307 g/mol. The summed E-state index contributed by atoms with van der Waals surface area (Å²) in [5, 5.41) is 3.18. The Bertz CT molecular complexity index is 718. The first-order chi connectivity index (χ1) is 10.5. The molecule has 116 valence electrons. The molecule has 2 aromatic rings. The summed E-state index contributed by atoms with van der Waals surface area (Å²) in [5.41, 5.74) is 1.95. The van der Waals surface area contributed by atoms with E-state index in [0.717, 1.165) is 17.3 Å². The summed E-state index contributed by atoms with van der Waals surface area (Å²) in [7, 11) is 0. The minimum absolute atomic E-state index is 0.133. The summed E-state index contributed by atoms with van der Waals surface area (Å²) in [6, 6.07) is 3.04. The molecule has 6 heteroatoms. The molecule has 0 radical (unpaired) electrons. The first kappa shape index (κ1) is 14.7. The lowest BCUT2D eigenvalue weighted by Gasteiger charge is -2.36. The van der Waals surface area contributed by atoms with Crippen LogP contribution in [0.15, 0.2) is 24.4 Å². The van der Waals surface area contributed by atoms with Crippen LogP contribution in [0.2, 0.25) is 0 Å². The van der Waals surface area contributed by atoms with Gasteiger partial charge in [-0.2, -0.15) is 0 Å². The molecule has 0 saturated heterocycles. The number of aryl methyl sites for hydroxylation is 1. The minimum atomic E-state index is -1.17. The van der Waals surface area contributed by atoms with E-state index in [1.807, 2.05) is 17.9 Å². The van der Waals surface area contributed by atoms with E-state index < -0.39 is 23.5 Å². The van der Waals surface area contributed by atoms with Crippen molar-refractivity contribution >= 4 is 11.5 Å². The van der Waals surface area contributed by atoms with Gasteiger partial charge in [0.25, 0.3) is 0 Å². The molecule has 1 aliphatic rings. The second-order valence-corrected chi connectivity index (χ2v) is 5.46. The maximum absolute atomic E-state index is 14.0. The fraction of sp³-hybridized carbons (Fsp3) is 0.312. The summed E-state index contributed by atoms with van der Waals surface area (Å²) >= 11 is 0. The smallest absolute Gasteiger partial charge is 0.161 e. The molecule has 0 bridgehead atoms. The first-order valence-corrected chi connectivity index (χ1v) is 7.09. The van der Waals surface area contributed by atoms with Crippen LogP contribution in [0.4, 0.5) is 24.7 Å². The molecule has 2 heterocycles. The third-order valence-electron chi connectivity index (χ3n) is 3.92. The number of anilines is 2. The Morgan fingerprint density at radius 2 is 1.86 bits per heavy atom. The van der Waals surface area contributed by atoms with Gasteiger partial charge in [0.05, 0.1) is 11.7 Å². The summed E-state index contributed by atoms with van der Waals surface area (Å²) in [6.45, 7) is 4.96. The van der Waals surface area contributed by atoms with Crippen molar-refractivity contribution in [3.63, 3.8) is 0 Å². The highest BCUT2D eigenvalue weighted by atomic mass is 19.2. The molecule has 1 aromatic carbocycles. The molecule has 22 heavy (non-hydrogen) atoms. The molecule has 1 N–H and O–H groups in total. The topological polar surface area (TPSA) is 28.2 Å². The third-order valence-corrected chi connectivity index (χ3v) is 3.92. The van der Waals surface area contributed by atoms with E-state index >= 15 is 0 Å². The van der Waals surface area contributed by atoms with Gasteiger partial charge < -0.3 is 10.2 Å². The van der Waals surface area contributed by atoms with Gasteiger partial charge in [0.2, 0.25) is 0 Å². The standard InChI is InChI=1S/C16H16F3N3/c1-9-5-15-16(21-8-9)20-3-4-22(15)10(2)11-6-13(18)14(19)7-12(11)17/h5-8,10H,3-4H2,1-2H3,(H,20,21). The van der Waals surface area contributed by atoms with E-state index in [1.165, 1.54) is 0 Å². The largest absolute Gasteiger partial charge is 0.367 e. The molecule has 3 rings (SSSR count). The van der Waals surface area contributed by atoms with E-state index in [4.69, 9.17) is 0 Å². The summed E-state index contributed by atoms with van der Waals surface area (Å²) in [5.74, 6) is -2.24. The molecule has 1 aliphatic heterocycles. The fourth-order valence-corrected chi connectivity index (χ4v) is 2.75. The van der Waals surface area contributed by atoms with Crippen molar-refractivity contribution in [2.24, 2.45) is 0 Å². The highest BCUT2D eigenvalue weighted by Gasteiger charge is 2.26. The second-order valence-electron chi connectivity index (χ2n) is 5.46. The maximum atomic E-state index is 14.0. The van der Waals surface area contributed by atoms with Crippen LogP contribution < -0.4 is 10.2 Å². The number of nitrogens with zero attached hydrogens (tertiary/aromatic N) is 2.